The molecular weight excluding hydrogens is 332 g/mol. The minimum atomic E-state index is 0.620. The van der Waals surface area contributed by atoms with E-state index in [-0.39, 0.29) is 0 Å². The van der Waals surface area contributed by atoms with Gasteiger partial charge in [-0.2, -0.15) is 9.78 Å². The molecule has 0 spiro atoms. The quantitative estimate of drug-likeness (QED) is 0.473. The molecule has 5 nitrogen and oxygen atoms in total. The molecule has 0 saturated carbocycles. The number of hydrogen-bond donors (Lipinski definition) is 0. The Kier molecular flexibility index (Phi) is 5.85. The third kappa shape index (κ3) is 4.70. The molecule has 0 aliphatic rings. The second kappa shape index (κ2) is 8.48. The molecule has 2 aromatic carbocycles. The van der Waals surface area contributed by atoms with Crippen LogP contribution in [0.2, 0.25) is 0 Å². The number of aromatic nitrogens is 3. The molecule has 0 radical (unpaired) electrons. The van der Waals surface area contributed by atoms with Crippen molar-refractivity contribution in [3.63, 3.8) is 0 Å². The van der Waals surface area contributed by atoms with Gasteiger partial charge in [0.1, 0.15) is 12.1 Å². The summed E-state index contributed by atoms with van der Waals surface area (Å²) in [4.78, 5) is 0. The maximum absolute atomic E-state index is 5.62. The molecule has 0 aliphatic heterocycles. The molecular formula is C19H20N4OS. The van der Waals surface area contributed by atoms with Crippen molar-refractivity contribution >= 4 is 18.0 Å². The molecule has 1 heterocycles. The molecule has 3 aromatic rings. The highest BCUT2D eigenvalue weighted by Gasteiger charge is 2.05. The Bertz CT molecular complexity index is 843. The summed E-state index contributed by atoms with van der Waals surface area (Å²) >= 11 is 1.61. The molecule has 0 saturated heterocycles. The van der Waals surface area contributed by atoms with E-state index in [0.29, 0.717) is 6.61 Å². The maximum Gasteiger partial charge on any atom is 0.212 e. The van der Waals surface area contributed by atoms with Crippen LogP contribution in [0.4, 0.5) is 0 Å². The van der Waals surface area contributed by atoms with Crippen LogP contribution in [-0.4, -0.2) is 27.7 Å². The lowest BCUT2D eigenvalue weighted by Gasteiger charge is -2.06. The Labute approximate surface area is 151 Å². The summed E-state index contributed by atoms with van der Waals surface area (Å²) in [5.41, 5.74) is 3.43. The van der Waals surface area contributed by atoms with Crippen LogP contribution in [0.3, 0.4) is 0 Å². The lowest BCUT2D eigenvalue weighted by Crippen LogP contribution is -1.97. The lowest BCUT2D eigenvalue weighted by atomic mass is 10.2. The number of thioether (sulfide) groups is 1. The Morgan fingerprint density at radius 3 is 2.76 bits per heavy atom. The summed E-state index contributed by atoms with van der Waals surface area (Å²) in [6.45, 7) is 4.67. The van der Waals surface area contributed by atoms with Gasteiger partial charge in [-0.3, -0.25) is 0 Å². The number of benzene rings is 2. The monoisotopic (exact) mass is 352 g/mol. The first kappa shape index (κ1) is 17.2. The molecule has 3 rings (SSSR count). The fraction of sp³-hybridized carbons (Fsp3) is 0.211. The van der Waals surface area contributed by atoms with Gasteiger partial charge in [0, 0.05) is 11.3 Å². The van der Waals surface area contributed by atoms with Gasteiger partial charge in [0.2, 0.25) is 5.16 Å². The molecule has 0 aliphatic carbocycles. The van der Waals surface area contributed by atoms with Gasteiger partial charge >= 0.3 is 0 Å². The third-order valence-electron chi connectivity index (χ3n) is 3.53. The SMILES string of the molecule is CCOc1ccccc1C=Nn1cnnc1SCc1ccc(C)cc1. The average Bonchev–Trinajstić information content (AvgIpc) is 3.08. The predicted octanol–water partition coefficient (Wildman–Crippen LogP) is 4.16. The normalized spacial score (nSPS) is 11.1. The van der Waals surface area contributed by atoms with Crippen molar-refractivity contribution in [1.82, 2.24) is 14.9 Å². The summed E-state index contributed by atoms with van der Waals surface area (Å²) < 4.78 is 7.30. The van der Waals surface area contributed by atoms with Crippen molar-refractivity contribution in [3.8, 4) is 5.75 Å². The van der Waals surface area contributed by atoms with Crippen LogP contribution < -0.4 is 4.74 Å². The summed E-state index contributed by atoms with van der Waals surface area (Å²) in [6.07, 6.45) is 3.38. The number of rotatable bonds is 7. The Hall–Kier alpha value is -2.60. The first-order chi connectivity index (χ1) is 12.3. The van der Waals surface area contributed by atoms with E-state index >= 15 is 0 Å². The smallest absolute Gasteiger partial charge is 0.212 e. The van der Waals surface area contributed by atoms with Crippen molar-refractivity contribution in [1.29, 1.82) is 0 Å². The molecule has 0 bridgehead atoms. The average molecular weight is 352 g/mol. The van der Waals surface area contributed by atoms with Crippen LogP contribution in [0, 0.1) is 6.92 Å². The number of ether oxygens (including phenoxy) is 1. The van der Waals surface area contributed by atoms with E-state index in [1.54, 1.807) is 29.0 Å². The summed E-state index contributed by atoms with van der Waals surface area (Å²) in [5, 5.41) is 13.3. The van der Waals surface area contributed by atoms with Gasteiger partial charge in [-0.05, 0) is 31.5 Å². The van der Waals surface area contributed by atoms with E-state index in [9.17, 15) is 0 Å². The molecule has 0 amide bonds. The predicted molar refractivity (Wildman–Crippen MR) is 101 cm³/mol. The maximum atomic E-state index is 5.62. The van der Waals surface area contributed by atoms with E-state index in [2.05, 4.69) is 46.5 Å². The second-order valence-corrected chi connectivity index (χ2v) is 6.39. The zero-order valence-corrected chi connectivity index (χ0v) is 15.1. The van der Waals surface area contributed by atoms with Crippen LogP contribution in [0.5, 0.6) is 5.75 Å². The van der Waals surface area contributed by atoms with Gasteiger partial charge in [-0.25, -0.2) is 0 Å². The highest BCUT2D eigenvalue weighted by molar-refractivity contribution is 7.98. The van der Waals surface area contributed by atoms with Crippen molar-refractivity contribution in [2.75, 3.05) is 6.61 Å². The minimum absolute atomic E-state index is 0.620. The number of aryl methyl sites for hydroxylation is 1. The molecule has 6 heteroatoms. The summed E-state index contributed by atoms with van der Waals surface area (Å²) in [5.74, 6) is 1.64. The van der Waals surface area contributed by atoms with Gasteiger partial charge in [-0.15, -0.1) is 10.2 Å². The third-order valence-corrected chi connectivity index (χ3v) is 4.53. The fourth-order valence-corrected chi connectivity index (χ4v) is 3.04. The summed E-state index contributed by atoms with van der Waals surface area (Å²) in [7, 11) is 0. The lowest BCUT2D eigenvalue weighted by molar-refractivity contribution is 0.340. The van der Waals surface area contributed by atoms with Crippen molar-refractivity contribution in [3.05, 3.63) is 71.5 Å². The van der Waals surface area contributed by atoms with Gasteiger partial charge < -0.3 is 4.74 Å². The van der Waals surface area contributed by atoms with Crippen LogP contribution >= 0.6 is 11.8 Å². The van der Waals surface area contributed by atoms with E-state index in [0.717, 1.165) is 22.2 Å². The standard InChI is InChI=1S/C19H20N4OS/c1-3-24-18-7-5-4-6-17(18)12-21-23-14-20-22-19(23)25-13-16-10-8-15(2)9-11-16/h4-12,14H,3,13H2,1-2H3. The topological polar surface area (TPSA) is 52.3 Å². The molecule has 0 N–H and O–H groups in total. The fourth-order valence-electron chi connectivity index (χ4n) is 2.22. The number of nitrogens with zero attached hydrogens (tertiary/aromatic N) is 4. The molecule has 0 atom stereocenters. The van der Waals surface area contributed by atoms with Gasteiger partial charge in [0.05, 0.1) is 12.8 Å². The number of hydrogen-bond acceptors (Lipinski definition) is 5. The van der Waals surface area contributed by atoms with Gasteiger partial charge in [0.15, 0.2) is 0 Å². The molecule has 128 valence electrons. The van der Waals surface area contributed by atoms with Crippen LogP contribution in [-0.2, 0) is 5.75 Å². The largest absolute Gasteiger partial charge is 0.493 e. The first-order valence-electron chi connectivity index (χ1n) is 8.11. The van der Waals surface area contributed by atoms with Crippen LogP contribution in [0.25, 0.3) is 0 Å². The highest BCUT2D eigenvalue weighted by Crippen LogP contribution is 2.21. The Morgan fingerprint density at radius 1 is 1.16 bits per heavy atom. The minimum Gasteiger partial charge on any atom is -0.493 e. The molecule has 1 aromatic heterocycles. The van der Waals surface area contributed by atoms with E-state index < -0.39 is 0 Å². The van der Waals surface area contributed by atoms with Crippen molar-refractivity contribution in [2.45, 2.75) is 24.8 Å². The Balaban J connectivity index is 1.70. The molecule has 0 unspecified atom stereocenters. The number of para-hydroxylation sites is 1. The van der Waals surface area contributed by atoms with Gasteiger partial charge in [-0.1, -0.05) is 53.7 Å². The zero-order valence-electron chi connectivity index (χ0n) is 14.3. The van der Waals surface area contributed by atoms with E-state index in [4.69, 9.17) is 4.74 Å². The highest BCUT2D eigenvalue weighted by atomic mass is 32.2. The van der Waals surface area contributed by atoms with E-state index in [1.807, 2.05) is 31.2 Å². The van der Waals surface area contributed by atoms with E-state index in [1.165, 1.54) is 11.1 Å². The van der Waals surface area contributed by atoms with Crippen molar-refractivity contribution in [2.24, 2.45) is 5.10 Å². The van der Waals surface area contributed by atoms with Crippen LogP contribution in [0.1, 0.15) is 23.6 Å². The van der Waals surface area contributed by atoms with Crippen LogP contribution in [0.15, 0.2) is 65.1 Å². The Morgan fingerprint density at radius 2 is 1.96 bits per heavy atom. The van der Waals surface area contributed by atoms with Crippen molar-refractivity contribution < 1.29 is 4.74 Å². The summed E-state index contributed by atoms with van der Waals surface area (Å²) in [6, 6.07) is 16.3. The second-order valence-electron chi connectivity index (χ2n) is 5.45. The zero-order chi connectivity index (χ0) is 17.5. The molecule has 0 fully saturated rings. The molecule has 25 heavy (non-hydrogen) atoms. The van der Waals surface area contributed by atoms with Gasteiger partial charge in [0.25, 0.3) is 0 Å². The first-order valence-corrected chi connectivity index (χ1v) is 9.09.